The molecule has 37 heavy (non-hydrogen) atoms. The fraction of sp³-hybridized carbons (Fsp3) is 0.370. The van der Waals surface area contributed by atoms with E-state index in [1.807, 2.05) is 36.4 Å². The number of aromatic nitrogens is 3. The van der Waals surface area contributed by atoms with Crippen molar-refractivity contribution in [1.29, 1.82) is 0 Å². The molecule has 0 amide bonds. The van der Waals surface area contributed by atoms with Gasteiger partial charge in [-0.25, -0.2) is 4.79 Å². The maximum absolute atomic E-state index is 11.3. The molecule has 0 spiro atoms. The number of anilines is 1. The molecule has 1 saturated carbocycles. The van der Waals surface area contributed by atoms with Crippen LogP contribution in [0.5, 0.6) is 0 Å². The van der Waals surface area contributed by atoms with Crippen LogP contribution in [0.25, 0.3) is 22.6 Å². The first kappa shape index (κ1) is 24.3. The first-order valence-electron chi connectivity index (χ1n) is 12.5. The molecule has 10 heteroatoms. The van der Waals surface area contributed by atoms with Crippen molar-refractivity contribution in [3.05, 3.63) is 74.4 Å². The predicted octanol–water partition coefficient (Wildman–Crippen LogP) is 6.44. The summed E-state index contributed by atoms with van der Waals surface area (Å²) in [7, 11) is 0. The number of halogens is 2. The maximum atomic E-state index is 11.3. The summed E-state index contributed by atoms with van der Waals surface area (Å²) in [5.74, 6) is 1.15. The standard InChI is InChI=1S/C27H26Cl2N4O4/c28-21-7-2-8-22(29)23(21)24-20(25(36-31-24)16-9-10-16)15-35-19-6-3-12-33(13-11-19)18-5-1-4-17(14-18)26-30-27(34)37-32-26/h1-2,4-5,7-8,14,16,19H,3,6,9-13,15H2,(H,30,32,34). The Bertz CT molecular complexity index is 1440. The van der Waals surface area contributed by atoms with E-state index >= 15 is 0 Å². The highest BCUT2D eigenvalue weighted by Crippen LogP contribution is 2.46. The number of aromatic amines is 1. The zero-order chi connectivity index (χ0) is 25.4. The summed E-state index contributed by atoms with van der Waals surface area (Å²) in [4.78, 5) is 16.3. The lowest BCUT2D eigenvalue weighted by Crippen LogP contribution is -2.25. The molecule has 4 aromatic rings. The minimum atomic E-state index is -0.562. The molecule has 1 N–H and O–H groups in total. The monoisotopic (exact) mass is 540 g/mol. The summed E-state index contributed by atoms with van der Waals surface area (Å²) in [6.07, 6.45) is 5.14. The molecular weight excluding hydrogens is 515 g/mol. The van der Waals surface area contributed by atoms with E-state index in [0.717, 1.165) is 67.8 Å². The molecule has 1 aliphatic heterocycles. The summed E-state index contributed by atoms with van der Waals surface area (Å²) in [6.45, 7) is 2.18. The highest BCUT2D eigenvalue weighted by molar-refractivity contribution is 6.39. The first-order valence-corrected chi connectivity index (χ1v) is 13.3. The molecule has 0 bridgehead atoms. The Morgan fingerprint density at radius 1 is 1.00 bits per heavy atom. The quantitative estimate of drug-likeness (QED) is 0.287. The van der Waals surface area contributed by atoms with E-state index in [4.69, 9.17) is 32.5 Å². The van der Waals surface area contributed by atoms with Crippen LogP contribution in [0.1, 0.15) is 49.3 Å². The minimum Gasteiger partial charge on any atom is -0.373 e. The van der Waals surface area contributed by atoms with Crippen molar-refractivity contribution in [2.24, 2.45) is 0 Å². The van der Waals surface area contributed by atoms with Crippen molar-refractivity contribution in [2.45, 2.75) is 50.7 Å². The maximum Gasteiger partial charge on any atom is 0.439 e. The van der Waals surface area contributed by atoms with Gasteiger partial charge in [0.1, 0.15) is 11.5 Å². The van der Waals surface area contributed by atoms with Crippen LogP contribution in [0.3, 0.4) is 0 Å². The summed E-state index contributed by atoms with van der Waals surface area (Å²) >= 11 is 13.0. The predicted molar refractivity (Wildman–Crippen MR) is 141 cm³/mol. The van der Waals surface area contributed by atoms with Gasteiger partial charge in [0.2, 0.25) is 0 Å². The molecule has 1 saturated heterocycles. The van der Waals surface area contributed by atoms with Crippen LogP contribution in [0, 0.1) is 0 Å². The molecular formula is C27H26Cl2N4O4. The second-order valence-corrected chi connectivity index (χ2v) is 10.4. The van der Waals surface area contributed by atoms with Gasteiger partial charge in [-0.1, -0.05) is 51.7 Å². The van der Waals surface area contributed by atoms with Gasteiger partial charge in [0.05, 0.1) is 22.8 Å². The van der Waals surface area contributed by atoms with Gasteiger partial charge in [-0.3, -0.25) is 9.51 Å². The molecule has 192 valence electrons. The van der Waals surface area contributed by atoms with Gasteiger partial charge >= 0.3 is 5.76 Å². The van der Waals surface area contributed by atoms with Gasteiger partial charge in [-0.05, 0) is 56.4 Å². The second kappa shape index (κ2) is 10.4. The normalized spacial score (nSPS) is 18.2. The summed E-state index contributed by atoms with van der Waals surface area (Å²) < 4.78 is 16.9. The van der Waals surface area contributed by atoms with E-state index in [2.05, 4.69) is 30.8 Å². The van der Waals surface area contributed by atoms with Gasteiger partial charge in [0.25, 0.3) is 0 Å². The molecule has 2 aliphatic rings. The largest absolute Gasteiger partial charge is 0.439 e. The number of benzene rings is 2. The third-order valence-corrected chi connectivity index (χ3v) is 7.66. The van der Waals surface area contributed by atoms with E-state index in [-0.39, 0.29) is 6.10 Å². The average Bonchev–Trinajstić information content (AvgIpc) is 3.59. The van der Waals surface area contributed by atoms with Gasteiger partial charge < -0.3 is 14.2 Å². The van der Waals surface area contributed by atoms with Crippen LogP contribution in [-0.4, -0.2) is 34.5 Å². The highest BCUT2D eigenvalue weighted by Gasteiger charge is 2.34. The number of nitrogens with zero attached hydrogens (tertiary/aromatic N) is 3. The number of ether oxygens (including phenoxy) is 1. The lowest BCUT2D eigenvalue weighted by molar-refractivity contribution is 0.0328. The first-order chi connectivity index (χ1) is 18.1. The van der Waals surface area contributed by atoms with Crippen molar-refractivity contribution in [3.8, 4) is 22.6 Å². The average molecular weight is 541 g/mol. The topological polar surface area (TPSA) is 97.4 Å². The third kappa shape index (κ3) is 5.19. The lowest BCUT2D eigenvalue weighted by Gasteiger charge is -2.23. The zero-order valence-electron chi connectivity index (χ0n) is 20.1. The van der Waals surface area contributed by atoms with Gasteiger partial charge in [-0.15, -0.1) is 0 Å². The molecule has 1 atom stereocenters. The number of H-pyrrole nitrogens is 1. The number of nitrogens with one attached hydrogen (secondary N) is 1. The third-order valence-electron chi connectivity index (χ3n) is 7.03. The van der Waals surface area contributed by atoms with Crippen LogP contribution in [0.2, 0.25) is 10.0 Å². The molecule has 0 radical (unpaired) electrons. The van der Waals surface area contributed by atoms with E-state index < -0.39 is 5.76 Å². The number of hydrogen-bond donors (Lipinski definition) is 1. The van der Waals surface area contributed by atoms with Crippen LogP contribution in [0.4, 0.5) is 5.69 Å². The molecule has 1 aliphatic carbocycles. The lowest BCUT2D eigenvalue weighted by atomic mass is 10.0. The van der Waals surface area contributed by atoms with Crippen molar-refractivity contribution < 1.29 is 13.8 Å². The molecule has 2 aromatic heterocycles. The van der Waals surface area contributed by atoms with Crippen LogP contribution in [-0.2, 0) is 11.3 Å². The Labute approximate surface area is 223 Å². The van der Waals surface area contributed by atoms with Crippen LogP contribution < -0.4 is 10.7 Å². The minimum absolute atomic E-state index is 0.108. The van der Waals surface area contributed by atoms with Gasteiger partial charge in [-0.2, -0.15) is 0 Å². The van der Waals surface area contributed by atoms with Crippen molar-refractivity contribution >= 4 is 28.9 Å². The smallest absolute Gasteiger partial charge is 0.373 e. The fourth-order valence-corrected chi connectivity index (χ4v) is 5.52. The molecule has 6 rings (SSSR count). The SMILES string of the molecule is O=c1[nH]c(-c2cccc(N3CCCC(OCc4c(-c5c(Cl)cccc5Cl)noc4C4CC4)CC3)c2)no1. The van der Waals surface area contributed by atoms with Crippen molar-refractivity contribution in [2.75, 3.05) is 18.0 Å². The van der Waals surface area contributed by atoms with E-state index in [0.29, 0.717) is 39.7 Å². The number of rotatable bonds is 7. The zero-order valence-corrected chi connectivity index (χ0v) is 21.6. The summed E-state index contributed by atoms with van der Waals surface area (Å²) in [5.41, 5.74) is 4.21. The highest BCUT2D eigenvalue weighted by atomic mass is 35.5. The van der Waals surface area contributed by atoms with E-state index in [1.54, 1.807) is 0 Å². The summed E-state index contributed by atoms with van der Waals surface area (Å²) in [6, 6.07) is 13.4. The van der Waals surface area contributed by atoms with E-state index in [9.17, 15) is 4.79 Å². The Morgan fingerprint density at radius 2 is 1.81 bits per heavy atom. The fourth-order valence-electron chi connectivity index (χ4n) is 4.94. The molecule has 2 fully saturated rings. The number of hydrogen-bond acceptors (Lipinski definition) is 7. The Balaban J connectivity index is 1.16. The molecule has 1 unspecified atom stereocenters. The molecule has 8 nitrogen and oxygen atoms in total. The Kier molecular flexibility index (Phi) is 6.80. The Hall–Kier alpha value is -3.07. The van der Waals surface area contributed by atoms with Crippen molar-refractivity contribution in [3.63, 3.8) is 0 Å². The van der Waals surface area contributed by atoms with Crippen LogP contribution >= 0.6 is 23.2 Å². The second-order valence-electron chi connectivity index (χ2n) is 9.59. The summed E-state index contributed by atoms with van der Waals surface area (Å²) in [5, 5.41) is 9.27. The van der Waals surface area contributed by atoms with Crippen LogP contribution in [0.15, 0.2) is 56.3 Å². The van der Waals surface area contributed by atoms with Crippen molar-refractivity contribution in [1.82, 2.24) is 15.3 Å². The Morgan fingerprint density at radius 3 is 2.57 bits per heavy atom. The van der Waals surface area contributed by atoms with Gasteiger partial charge in [0, 0.05) is 41.4 Å². The molecule has 3 heterocycles. The van der Waals surface area contributed by atoms with E-state index in [1.165, 1.54) is 0 Å². The van der Waals surface area contributed by atoms with Gasteiger partial charge in [0.15, 0.2) is 5.82 Å². The molecule has 2 aromatic carbocycles.